The number of hydrogen-bond acceptors (Lipinski definition) is 4. The van der Waals surface area contributed by atoms with Crippen molar-refractivity contribution in [2.24, 2.45) is 5.10 Å². The number of hydrogen-bond donors (Lipinski definition) is 1. The van der Waals surface area contributed by atoms with Crippen LogP contribution in [0, 0.1) is 0 Å². The highest BCUT2D eigenvalue weighted by atomic mass is 35.5. The third-order valence-corrected chi connectivity index (χ3v) is 3.20. The van der Waals surface area contributed by atoms with Gasteiger partial charge in [0.1, 0.15) is 0 Å². The molecule has 1 aromatic carbocycles. The van der Waals surface area contributed by atoms with Crippen molar-refractivity contribution in [2.75, 3.05) is 0 Å². The molecule has 2 aromatic rings. The molecule has 0 aliphatic rings. The van der Waals surface area contributed by atoms with Crippen LogP contribution in [0.15, 0.2) is 33.5 Å². The molecule has 7 heteroatoms. The Morgan fingerprint density at radius 2 is 2.18 bits per heavy atom. The fourth-order valence-corrected chi connectivity index (χ4v) is 2.13. The third-order valence-electron chi connectivity index (χ3n) is 1.93. The van der Waals surface area contributed by atoms with Gasteiger partial charge in [-0.1, -0.05) is 40.6 Å². The summed E-state index contributed by atoms with van der Waals surface area (Å²) in [7, 11) is 0. The second-order valence-corrected chi connectivity index (χ2v) is 4.75. The Morgan fingerprint density at radius 1 is 1.41 bits per heavy atom. The summed E-state index contributed by atoms with van der Waals surface area (Å²) in [5.41, 5.74) is 0.605. The van der Waals surface area contributed by atoms with Gasteiger partial charge in [-0.3, -0.25) is 4.79 Å². The minimum Gasteiger partial charge on any atom is -0.493 e. The van der Waals surface area contributed by atoms with Crippen LogP contribution in [0.4, 0.5) is 0 Å². The zero-order valence-corrected chi connectivity index (χ0v) is 10.6. The first kappa shape index (κ1) is 12.2. The molecule has 0 spiro atoms. The number of benzene rings is 1. The number of nitrogens with zero attached hydrogens (tertiary/aromatic N) is 2. The third kappa shape index (κ3) is 2.69. The molecular formula is C10H6Cl2N2O2S. The second kappa shape index (κ2) is 4.91. The van der Waals surface area contributed by atoms with Crippen molar-refractivity contribution in [2.45, 2.75) is 0 Å². The Labute approximate surface area is 110 Å². The summed E-state index contributed by atoms with van der Waals surface area (Å²) < 4.78 is 0.885. The number of halogens is 2. The summed E-state index contributed by atoms with van der Waals surface area (Å²) >= 11 is 12.5. The molecule has 4 nitrogen and oxygen atoms in total. The SMILES string of the molecule is O=c1scc(O)n1N=Cc1ccc(Cl)cc1Cl. The number of thiazole rings is 1. The lowest BCUT2D eigenvalue weighted by atomic mass is 10.2. The largest absolute Gasteiger partial charge is 0.493 e. The maximum atomic E-state index is 11.3. The molecule has 1 heterocycles. The van der Waals surface area contributed by atoms with E-state index in [1.807, 2.05) is 0 Å². The van der Waals surface area contributed by atoms with Crippen molar-refractivity contribution in [1.82, 2.24) is 4.68 Å². The van der Waals surface area contributed by atoms with E-state index in [1.54, 1.807) is 18.2 Å². The van der Waals surface area contributed by atoms with E-state index in [0.29, 0.717) is 15.6 Å². The van der Waals surface area contributed by atoms with Gasteiger partial charge >= 0.3 is 4.87 Å². The molecule has 0 fully saturated rings. The Hall–Kier alpha value is -1.30. The van der Waals surface area contributed by atoms with Crippen molar-refractivity contribution in [3.05, 3.63) is 48.9 Å². The summed E-state index contributed by atoms with van der Waals surface area (Å²) in [6.45, 7) is 0. The normalized spacial score (nSPS) is 11.2. The molecule has 0 aliphatic heterocycles. The van der Waals surface area contributed by atoms with E-state index in [1.165, 1.54) is 11.6 Å². The number of rotatable bonds is 2. The molecule has 0 unspecified atom stereocenters. The second-order valence-electron chi connectivity index (χ2n) is 3.08. The maximum Gasteiger partial charge on any atom is 0.330 e. The summed E-state index contributed by atoms with van der Waals surface area (Å²) in [6.07, 6.45) is 1.38. The highest BCUT2D eigenvalue weighted by Gasteiger charge is 2.03. The average molecular weight is 289 g/mol. The Bertz CT molecular complexity index is 633. The Morgan fingerprint density at radius 3 is 2.76 bits per heavy atom. The van der Waals surface area contributed by atoms with E-state index >= 15 is 0 Å². The van der Waals surface area contributed by atoms with Crippen LogP contribution in [0.1, 0.15) is 5.56 Å². The van der Waals surface area contributed by atoms with Gasteiger partial charge < -0.3 is 5.11 Å². The lowest BCUT2D eigenvalue weighted by molar-refractivity contribution is 0.427. The van der Waals surface area contributed by atoms with Crippen LogP contribution in [0.25, 0.3) is 0 Å². The molecule has 0 bridgehead atoms. The van der Waals surface area contributed by atoms with Crippen LogP contribution in [-0.2, 0) is 0 Å². The van der Waals surface area contributed by atoms with Crippen LogP contribution in [0.5, 0.6) is 5.88 Å². The molecule has 0 radical (unpaired) electrons. The first-order valence-electron chi connectivity index (χ1n) is 4.47. The molecule has 0 saturated heterocycles. The zero-order valence-electron chi connectivity index (χ0n) is 8.30. The van der Waals surface area contributed by atoms with Crippen molar-refractivity contribution in [1.29, 1.82) is 0 Å². The van der Waals surface area contributed by atoms with Crippen LogP contribution in [0.2, 0.25) is 10.0 Å². The van der Waals surface area contributed by atoms with E-state index in [2.05, 4.69) is 5.10 Å². The minimum atomic E-state index is -0.371. The summed E-state index contributed by atoms with van der Waals surface area (Å²) in [4.78, 5) is 10.9. The van der Waals surface area contributed by atoms with Gasteiger partial charge in [0.15, 0.2) is 0 Å². The first-order chi connectivity index (χ1) is 8.08. The molecule has 0 saturated carbocycles. The van der Waals surface area contributed by atoms with Crippen LogP contribution >= 0.6 is 34.5 Å². The highest BCUT2D eigenvalue weighted by molar-refractivity contribution is 7.07. The van der Waals surface area contributed by atoms with Crippen LogP contribution in [-0.4, -0.2) is 16.0 Å². The van der Waals surface area contributed by atoms with E-state index < -0.39 is 0 Å². The maximum absolute atomic E-state index is 11.3. The molecule has 0 amide bonds. The molecule has 0 aliphatic carbocycles. The van der Waals surface area contributed by atoms with Crippen molar-refractivity contribution >= 4 is 40.8 Å². The molecule has 0 atom stereocenters. The number of aromatic nitrogens is 1. The van der Waals surface area contributed by atoms with E-state index in [9.17, 15) is 9.90 Å². The van der Waals surface area contributed by atoms with Gasteiger partial charge in [0.2, 0.25) is 5.88 Å². The van der Waals surface area contributed by atoms with E-state index in [4.69, 9.17) is 23.2 Å². The molecule has 17 heavy (non-hydrogen) atoms. The van der Waals surface area contributed by atoms with Gasteiger partial charge in [-0.05, 0) is 12.1 Å². The predicted molar refractivity (Wildman–Crippen MR) is 69.7 cm³/mol. The lowest BCUT2D eigenvalue weighted by Gasteiger charge is -1.98. The average Bonchev–Trinajstić information content (AvgIpc) is 2.58. The van der Waals surface area contributed by atoms with Gasteiger partial charge in [0, 0.05) is 10.6 Å². The molecule has 2 rings (SSSR count). The number of aromatic hydroxyl groups is 1. The standard InChI is InChI=1S/C10H6Cl2N2O2S/c11-7-2-1-6(8(12)3-7)4-13-14-9(15)5-17-10(14)16/h1-5,15H. The van der Waals surface area contributed by atoms with Gasteiger partial charge in [-0.15, -0.1) is 0 Å². The Balaban J connectivity index is 2.36. The van der Waals surface area contributed by atoms with Gasteiger partial charge in [0.25, 0.3) is 0 Å². The first-order valence-corrected chi connectivity index (χ1v) is 6.10. The zero-order chi connectivity index (χ0) is 12.4. The van der Waals surface area contributed by atoms with Crippen LogP contribution < -0.4 is 4.87 Å². The monoisotopic (exact) mass is 288 g/mol. The van der Waals surface area contributed by atoms with E-state index in [-0.39, 0.29) is 10.8 Å². The lowest BCUT2D eigenvalue weighted by Crippen LogP contribution is -2.07. The summed E-state index contributed by atoms with van der Waals surface area (Å²) in [5, 5.41) is 15.4. The smallest absolute Gasteiger partial charge is 0.330 e. The predicted octanol–water partition coefficient (Wildman–Crippen LogP) is 2.80. The molecule has 1 aromatic heterocycles. The quantitative estimate of drug-likeness (QED) is 0.864. The van der Waals surface area contributed by atoms with Crippen molar-refractivity contribution in [3.63, 3.8) is 0 Å². The molecule has 1 N–H and O–H groups in total. The fourth-order valence-electron chi connectivity index (χ4n) is 1.13. The fraction of sp³-hybridized carbons (Fsp3) is 0. The van der Waals surface area contributed by atoms with E-state index in [0.717, 1.165) is 16.0 Å². The summed E-state index contributed by atoms with van der Waals surface area (Å²) in [6, 6.07) is 4.90. The van der Waals surface area contributed by atoms with Gasteiger partial charge in [-0.2, -0.15) is 9.78 Å². The topological polar surface area (TPSA) is 54.6 Å². The molecule has 88 valence electrons. The Kier molecular flexibility index (Phi) is 3.51. The highest BCUT2D eigenvalue weighted by Crippen LogP contribution is 2.19. The minimum absolute atomic E-state index is 0.207. The van der Waals surface area contributed by atoms with Gasteiger partial charge in [0.05, 0.1) is 16.6 Å². The van der Waals surface area contributed by atoms with Crippen molar-refractivity contribution in [3.8, 4) is 5.88 Å². The summed E-state index contributed by atoms with van der Waals surface area (Å²) in [5.74, 6) is -0.207. The van der Waals surface area contributed by atoms with Crippen LogP contribution in [0.3, 0.4) is 0 Å². The van der Waals surface area contributed by atoms with Crippen molar-refractivity contribution < 1.29 is 5.11 Å². The molecular weight excluding hydrogens is 283 g/mol. The van der Waals surface area contributed by atoms with Gasteiger partial charge in [-0.25, -0.2) is 0 Å².